The van der Waals surface area contributed by atoms with Crippen LogP contribution in [-0.4, -0.2) is 41.5 Å². The minimum Gasteiger partial charge on any atom is -0.345 e. The molecular weight excluding hydrogens is 364 g/mol. The minimum absolute atomic E-state index is 0.104. The number of nitrogens with one attached hydrogen (secondary N) is 1. The molecule has 0 saturated heterocycles. The maximum absolute atomic E-state index is 12.7. The Hall–Kier alpha value is -2.19. The van der Waals surface area contributed by atoms with Crippen LogP contribution >= 0.6 is 0 Å². The van der Waals surface area contributed by atoms with E-state index in [1.54, 1.807) is 30.7 Å². The molecule has 1 N–H and O–H groups in total. The summed E-state index contributed by atoms with van der Waals surface area (Å²) < 4.78 is 28.4. The summed E-state index contributed by atoms with van der Waals surface area (Å²) >= 11 is 0. The first-order valence-electron chi connectivity index (χ1n) is 8.85. The van der Waals surface area contributed by atoms with Gasteiger partial charge in [0, 0.05) is 37.0 Å². The third-order valence-electron chi connectivity index (χ3n) is 4.85. The second-order valence-corrected chi connectivity index (χ2v) is 9.04. The zero-order chi connectivity index (χ0) is 20.5. The molecule has 1 aromatic carbocycles. The molecule has 0 saturated carbocycles. The van der Waals surface area contributed by atoms with Gasteiger partial charge in [0.25, 0.3) is 5.91 Å². The van der Waals surface area contributed by atoms with Crippen LogP contribution in [0.1, 0.15) is 54.1 Å². The Morgan fingerprint density at radius 3 is 2.37 bits per heavy atom. The molecule has 0 bridgehead atoms. The lowest BCUT2D eigenvalue weighted by atomic mass is 10.1. The monoisotopic (exact) mass is 392 g/mol. The lowest BCUT2D eigenvalue weighted by Gasteiger charge is -2.21. The molecule has 7 nitrogen and oxygen atoms in total. The fourth-order valence-corrected chi connectivity index (χ4v) is 4.42. The summed E-state index contributed by atoms with van der Waals surface area (Å²) in [7, 11) is -0.253. The van der Waals surface area contributed by atoms with Gasteiger partial charge in [-0.15, -0.1) is 0 Å². The molecule has 0 aliphatic carbocycles. The van der Waals surface area contributed by atoms with Crippen molar-refractivity contribution in [3.8, 4) is 0 Å². The third kappa shape index (κ3) is 4.22. The Labute approximate surface area is 161 Å². The van der Waals surface area contributed by atoms with Crippen molar-refractivity contribution in [2.45, 2.75) is 51.6 Å². The second-order valence-electron chi connectivity index (χ2n) is 7.05. The van der Waals surface area contributed by atoms with E-state index in [2.05, 4.69) is 10.4 Å². The Balaban J connectivity index is 2.28. The van der Waals surface area contributed by atoms with Crippen molar-refractivity contribution in [1.82, 2.24) is 19.4 Å². The van der Waals surface area contributed by atoms with Gasteiger partial charge in [0.15, 0.2) is 0 Å². The van der Waals surface area contributed by atoms with E-state index in [4.69, 9.17) is 0 Å². The summed E-state index contributed by atoms with van der Waals surface area (Å²) in [6.07, 6.45) is 0. The van der Waals surface area contributed by atoms with Gasteiger partial charge in [-0.3, -0.25) is 9.48 Å². The first kappa shape index (κ1) is 21.1. The first-order valence-corrected chi connectivity index (χ1v) is 10.3. The smallest absolute Gasteiger partial charge is 0.251 e. The molecule has 27 heavy (non-hydrogen) atoms. The van der Waals surface area contributed by atoms with Crippen LogP contribution < -0.4 is 5.32 Å². The normalized spacial score (nSPS) is 13.2. The predicted octanol–water partition coefficient (Wildman–Crippen LogP) is 2.56. The molecule has 1 amide bonds. The fraction of sp³-hybridized carbons (Fsp3) is 0.474. The van der Waals surface area contributed by atoms with Crippen LogP contribution in [0.15, 0.2) is 29.2 Å². The van der Waals surface area contributed by atoms with Gasteiger partial charge in [0.1, 0.15) is 0 Å². The standard InChI is InChI=1S/C19H28N4O3S/c1-12(2)23(7)27(25,26)17-10-8-9-16(11-17)19(24)20-13(3)18-14(4)21-22(6)15(18)5/h8-13H,1-7H3,(H,20,24). The number of carbonyl (C=O) groups is 1. The van der Waals surface area contributed by atoms with Crippen LogP contribution in [0, 0.1) is 13.8 Å². The van der Waals surface area contributed by atoms with Gasteiger partial charge < -0.3 is 5.32 Å². The van der Waals surface area contributed by atoms with Crippen molar-refractivity contribution in [2.24, 2.45) is 7.05 Å². The maximum Gasteiger partial charge on any atom is 0.251 e. The quantitative estimate of drug-likeness (QED) is 0.819. The maximum atomic E-state index is 12.7. The molecule has 148 valence electrons. The number of hydrogen-bond acceptors (Lipinski definition) is 4. The van der Waals surface area contributed by atoms with Gasteiger partial charge in [-0.2, -0.15) is 9.40 Å². The third-order valence-corrected chi connectivity index (χ3v) is 6.88. The highest BCUT2D eigenvalue weighted by Crippen LogP contribution is 2.22. The van der Waals surface area contributed by atoms with Gasteiger partial charge in [-0.05, 0) is 52.8 Å². The molecule has 1 aromatic heterocycles. The summed E-state index contributed by atoms with van der Waals surface area (Å²) in [5.74, 6) is -0.325. The average molecular weight is 393 g/mol. The molecule has 0 aliphatic heterocycles. The Morgan fingerprint density at radius 2 is 1.85 bits per heavy atom. The zero-order valence-electron chi connectivity index (χ0n) is 16.9. The summed E-state index contributed by atoms with van der Waals surface area (Å²) in [5, 5.41) is 7.31. The molecule has 1 heterocycles. The van der Waals surface area contributed by atoms with Crippen molar-refractivity contribution in [3.63, 3.8) is 0 Å². The van der Waals surface area contributed by atoms with Crippen LogP contribution in [0.4, 0.5) is 0 Å². The van der Waals surface area contributed by atoms with Gasteiger partial charge >= 0.3 is 0 Å². The summed E-state index contributed by atoms with van der Waals surface area (Å²) in [5.41, 5.74) is 3.11. The van der Waals surface area contributed by atoms with Crippen molar-refractivity contribution >= 4 is 15.9 Å². The van der Waals surface area contributed by atoms with E-state index in [0.29, 0.717) is 5.56 Å². The fourth-order valence-electron chi connectivity index (χ4n) is 3.01. The number of nitrogens with zero attached hydrogens (tertiary/aromatic N) is 3. The van der Waals surface area contributed by atoms with Crippen molar-refractivity contribution in [1.29, 1.82) is 0 Å². The zero-order valence-corrected chi connectivity index (χ0v) is 17.8. The number of sulfonamides is 1. The SMILES string of the molecule is Cc1nn(C)c(C)c1C(C)NC(=O)c1cccc(S(=O)(=O)N(C)C(C)C)c1. The number of aryl methyl sites for hydroxylation is 2. The van der Waals surface area contributed by atoms with Crippen molar-refractivity contribution in [2.75, 3.05) is 7.05 Å². The number of carbonyl (C=O) groups excluding carboxylic acids is 1. The van der Waals surface area contributed by atoms with Crippen molar-refractivity contribution in [3.05, 3.63) is 46.8 Å². The van der Waals surface area contributed by atoms with Crippen LogP contribution in [0.5, 0.6) is 0 Å². The molecule has 0 aliphatic rings. The Bertz CT molecular complexity index is 948. The number of rotatable bonds is 6. The Morgan fingerprint density at radius 1 is 1.22 bits per heavy atom. The van der Waals surface area contributed by atoms with Gasteiger partial charge in [0.2, 0.25) is 10.0 Å². The van der Waals surface area contributed by atoms with E-state index >= 15 is 0 Å². The van der Waals surface area contributed by atoms with Crippen LogP contribution in [0.3, 0.4) is 0 Å². The summed E-state index contributed by atoms with van der Waals surface area (Å²) in [6.45, 7) is 9.34. The molecular formula is C19H28N4O3S. The molecule has 2 aromatic rings. The molecule has 1 unspecified atom stereocenters. The van der Waals surface area contributed by atoms with E-state index in [1.807, 2.05) is 27.8 Å². The van der Waals surface area contributed by atoms with Crippen LogP contribution in [0.2, 0.25) is 0 Å². The topological polar surface area (TPSA) is 84.3 Å². The predicted molar refractivity (Wildman–Crippen MR) is 105 cm³/mol. The number of benzene rings is 1. The van der Waals surface area contributed by atoms with E-state index in [0.717, 1.165) is 17.0 Å². The highest BCUT2D eigenvalue weighted by molar-refractivity contribution is 7.89. The molecule has 1 atom stereocenters. The first-order chi connectivity index (χ1) is 12.5. The van der Waals surface area contributed by atoms with E-state index in [-0.39, 0.29) is 22.9 Å². The minimum atomic E-state index is -3.64. The summed E-state index contributed by atoms with van der Waals surface area (Å²) in [6, 6.07) is 5.69. The Kier molecular flexibility index (Phi) is 6.11. The van der Waals surface area contributed by atoms with Gasteiger partial charge in [-0.1, -0.05) is 6.07 Å². The number of amides is 1. The largest absolute Gasteiger partial charge is 0.345 e. The van der Waals surface area contributed by atoms with Crippen molar-refractivity contribution < 1.29 is 13.2 Å². The van der Waals surface area contributed by atoms with Crippen LogP contribution in [-0.2, 0) is 17.1 Å². The molecule has 0 spiro atoms. The molecule has 8 heteroatoms. The number of hydrogen-bond donors (Lipinski definition) is 1. The molecule has 0 fully saturated rings. The highest BCUT2D eigenvalue weighted by atomic mass is 32.2. The van der Waals surface area contributed by atoms with Gasteiger partial charge in [0.05, 0.1) is 16.6 Å². The number of aromatic nitrogens is 2. The highest BCUT2D eigenvalue weighted by Gasteiger charge is 2.24. The lowest BCUT2D eigenvalue weighted by molar-refractivity contribution is 0.0939. The average Bonchev–Trinajstić information content (AvgIpc) is 2.86. The summed E-state index contributed by atoms with van der Waals surface area (Å²) in [4.78, 5) is 12.8. The van der Waals surface area contributed by atoms with Gasteiger partial charge in [-0.25, -0.2) is 8.42 Å². The van der Waals surface area contributed by atoms with E-state index in [1.165, 1.54) is 23.5 Å². The molecule has 0 radical (unpaired) electrons. The van der Waals surface area contributed by atoms with E-state index in [9.17, 15) is 13.2 Å². The van der Waals surface area contributed by atoms with Crippen LogP contribution in [0.25, 0.3) is 0 Å². The lowest BCUT2D eigenvalue weighted by Crippen LogP contribution is -2.33. The molecule has 2 rings (SSSR count). The second kappa shape index (κ2) is 7.82. The van der Waals surface area contributed by atoms with E-state index < -0.39 is 10.0 Å².